The standard InChI is InChI=1S/C22H25N3O2/c1-16-2-6-18(7-3-16)20-14-21(22(27)10-12-23-13-11-22)24-25(20)19-8-4-17(15-26)5-9-19/h2-9,14,23,26-27H,10-13,15H2,1H3. The van der Waals surface area contributed by atoms with E-state index in [0.717, 1.165) is 35.6 Å². The Morgan fingerprint density at radius 1 is 1.04 bits per heavy atom. The van der Waals surface area contributed by atoms with Crippen LogP contribution in [-0.4, -0.2) is 33.1 Å². The lowest BCUT2D eigenvalue weighted by atomic mass is 9.89. The third-order valence-corrected chi connectivity index (χ3v) is 5.33. The van der Waals surface area contributed by atoms with Crippen molar-refractivity contribution >= 4 is 0 Å². The Morgan fingerprint density at radius 3 is 2.33 bits per heavy atom. The van der Waals surface area contributed by atoms with Crippen LogP contribution in [0, 0.1) is 6.92 Å². The SMILES string of the molecule is Cc1ccc(-c2cc(C3(O)CCNCC3)nn2-c2ccc(CO)cc2)cc1. The van der Waals surface area contributed by atoms with E-state index in [2.05, 4.69) is 36.5 Å². The van der Waals surface area contributed by atoms with E-state index >= 15 is 0 Å². The zero-order chi connectivity index (χ0) is 18.9. The Morgan fingerprint density at radius 2 is 1.70 bits per heavy atom. The first kappa shape index (κ1) is 17.9. The van der Waals surface area contributed by atoms with Crippen LogP contribution < -0.4 is 5.32 Å². The number of aryl methyl sites for hydroxylation is 1. The molecule has 140 valence electrons. The molecule has 0 bridgehead atoms. The van der Waals surface area contributed by atoms with Crippen molar-refractivity contribution in [2.75, 3.05) is 13.1 Å². The van der Waals surface area contributed by atoms with Gasteiger partial charge in [0.1, 0.15) is 5.60 Å². The molecule has 2 heterocycles. The van der Waals surface area contributed by atoms with Crippen LogP contribution in [0.4, 0.5) is 0 Å². The number of aliphatic hydroxyl groups is 2. The van der Waals surface area contributed by atoms with Gasteiger partial charge in [0.15, 0.2) is 0 Å². The molecular formula is C22H25N3O2. The highest BCUT2D eigenvalue weighted by Crippen LogP contribution is 2.34. The third-order valence-electron chi connectivity index (χ3n) is 5.33. The predicted molar refractivity (Wildman–Crippen MR) is 106 cm³/mol. The summed E-state index contributed by atoms with van der Waals surface area (Å²) in [6.07, 6.45) is 1.31. The highest BCUT2D eigenvalue weighted by Gasteiger charge is 2.34. The van der Waals surface area contributed by atoms with Crippen LogP contribution in [0.3, 0.4) is 0 Å². The van der Waals surface area contributed by atoms with Gasteiger partial charge in [-0.1, -0.05) is 42.0 Å². The van der Waals surface area contributed by atoms with Gasteiger partial charge in [0, 0.05) is 5.56 Å². The molecule has 1 aliphatic heterocycles. The second-order valence-corrected chi connectivity index (χ2v) is 7.30. The van der Waals surface area contributed by atoms with Crippen LogP contribution in [0.1, 0.15) is 29.7 Å². The normalized spacial score (nSPS) is 16.4. The van der Waals surface area contributed by atoms with E-state index in [1.54, 1.807) is 0 Å². The summed E-state index contributed by atoms with van der Waals surface area (Å²) in [5, 5.41) is 28.6. The molecule has 0 saturated carbocycles. The average Bonchev–Trinajstić information content (AvgIpc) is 3.15. The average molecular weight is 363 g/mol. The number of hydrogen-bond acceptors (Lipinski definition) is 4. The van der Waals surface area contributed by atoms with E-state index in [4.69, 9.17) is 5.10 Å². The van der Waals surface area contributed by atoms with Crippen molar-refractivity contribution < 1.29 is 10.2 Å². The summed E-state index contributed by atoms with van der Waals surface area (Å²) in [6, 6.07) is 18.0. The van der Waals surface area contributed by atoms with Gasteiger partial charge in [0.05, 0.1) is 23.7 Å². The Labute approximate surface area is 159 Å². The van der Waals surface area contributed by atoms with Crippen molar-refractivity contribution in [1.82, 2.24) is 15.1 Å². The smallest absolute Gasteiger partial charge is 0.111 e. The molecular weight excluding hydrogens is 338 g/mol. The Balaban J connectivity index is 1.82. The Bertz CT molecular complexity index is 908. The van der Waals surface area contributed by atoms with Crippen molar-refractivity contribution in [3.63, 3.8) is 0 Å². The van der Waals surface area contributed by atoms with Gasteiger partial charge in [-0.15, -0.1) is 0 Å². The topological polar surface area (TPSA) is 70.3 Å². The van der Waals surface area contributed by atoms with Crippen molar-refractivity contribution in [2.45, 2.75) is 32.0 Å². The molecule has 1 aromatic heterocycles. The molecule has 4 rings (SSSR count). The van der Waals surface area contributed by atoms with Gasteiger partial charge in [-0.25, -0.2) is 4.68 Å². The number of hydrogen-bond donors (Lipinski definition) is 3. The van der Waals surface area contributed by atoms with E-state index in [0.29, 0.717) is 18.5 Å². The van der Waals surface area contributed by atoms with Crippen LogP contribution in [-0.2, 0) is 12.2 Å². The molecule has 2 aromatic carbocycles. The summed E-state index contributed by atoms with van der Waals surface area (Å²) >= 11 is 0. The van der Waals surface area contributed by atoms with Crippen molar-refractivity contribution in [3.05, 3.63) is 71.4 Å². The zero-order valence-corrected chi connectivity index (χ0v) is 15.5. The van der Waals surface area contributed by atoms with E-state index in [-0.39, 0.29) is 6.61 Å². The van der Waals surface area contributed by atoms with Crippen LogP contribution in [0.25, 0.3) is 16.9 Å². The van der Waals surface area contributed by atoms with Gasteiger partial charge in [0.2, 0.25) is 0 Å². The molecule has 0 atom stereocenters. The maximum atomic E-state index is 11.2. The third kappa shape index (κ3) is 3.54. The Kier molecular flexibility index (Phi) is 4.83. The predicted octanol–water partition coefficient (Wildman–Crippen LogP) is 2.91. The molecule has 3 aromatic rings. The molecule has 27 heavy (non-hydrogen) atoms. The fourth-order valence-electron chi connectivity index (χ4n) is 3.57. The summed E-state index contributed by atoms with van der Waals surface area (Å²) < 4.78 is 1.89. The van der Waals surface area contributed by atoms with Gasteiger partial charge < -0.3 is 15.5 Å². The lowest BCUT2D eigenvalue weighted by molar-refractivity contribution is 0.00158. The molecule has 0 spiro atoms. The van der Waals surface area contributed by atoms with E-state index < -0.39 is 5.60 Å². The maximum absolute atomic E-state index is 11.2. The van der Waals surface area contributed by atoms with Gasteiger partial charge in [-0.2, -0.15) is 5.10 Å². The summed E-state index contributed by atoms with van der Waals surface area (Å²) in [5.74, 6) is 0. The number of rotatable bonds is 4. The number of aromatic nitrogens is 2. The summed E-state index contributed by atoms with van der Waals surface area (Å²) in [7, 11) is 0. The second kappa shape index (κ2) is 7.27. The maximum Gasteiger partial charge on any atom is 0.111 e. The molecule has 0 aliphatic carbocycles. The van der Waals surface area contributed by atoms with E-state index in [1.807, 2.05) is 35.0 Å². The molecule has 3 N–H and O–H groups in total. The van der Waals surface area contributed by atoms with E-state index in [1.165, 1.54) is 5.56 Å². The van der Waals surface area contributed by atoms with Crippen molar-refractivity contribution in [2.24, 2.45) is 0 Å². The highest BCUT2D eigenvalue weighted by atomic mass is 16.3. The van der Waals surface area contributed by atoms with Crippen molar-refractivity contribution in [1.29, 1.82) is 0 Å². The van der Waals surface area contributed by atoms with Crippen LogP contribution in [0.2, 0.25) is 0 Å². The van der Waals surface area contributed by atoms with Crippen LogP contribution in [0.5, 0.6) is 0 Å². The van der Waals surface area contributed by atoms with Gasteiger partial charge >= 0.3 is 0 Å². The molecule has 0 amide bonds. The van der Waals surface area contributed by atoms with Crippen molar-refractivity contribution in [3.8, 4) is 16.9 Å². The fraction of sp³-hybridized carbons (Fsp3) is 0.318. The van der Waals surface area contributed by atoms with Crippen LogP contribution in [0.15, 0.2) is 54.6 Å². The molecule has 5 nitrogen and oxygen atoms in total. The first-order chi connectivity index (χ1) is 13.1. The minimum atomic E-state index is -0.902. The summed E-state index contributed by atoms with van der Waals surface area (Å²) in [4.78, 5) is 0. The van der Waals surface area contributed by atoms with Crippen LogP contribution >= 0.6 is 0 Å². The fourth-order valence-corrected chi connectivity index (χ4v) is 3.57. The highest BCUT2D eigenvalue weighted by molar-refractivity contribution is 5.63. The molecule has 0 unspecified atom stereocenters. The largest absolute Gasteiger partial charge is 0.392 e. The zero-order valence-electron chi connectivity index (χ0n) is 15.5. The second-order valence-electron chi connectivity index (χ2n) is 7.30. The molecule has 0 radical (unpaired) electrons. The number of benzene rings is 2. The van der Waals surface area contributed by atoms with E-state index in [9.17, 15) is 10.2 Å². The number of aliphatic hydroxyl groups excluding tert-OH is 1. The lowest BCUT2D eigenvalue weighted by Crippen LogP contribution is -2.40. The number of nitrogens with one attached hydrogen (secondary N) is 1. The summed E-state index contributed by atoms with van der Waals surface area (Å²) in [6.45, 7) is 3.66. The minimum Gasteiger partial charge on any atom is -0.392 e. The van der Waals surface area contributed by atoms with Gasteiger partial charge in [-0.05, 0) is 56.6 Å². The molecule has 1 fully saturated rings. The number of nitrogens with zero attached hydrogens (tertiary/aromatic N) is 2. The monoisotopic (exact) mass is 363 g/mol. The molecule has 1 saturated heterocycles. The molecule has 1 aliphatic rings. The lowest BCUT2D eigenvalue weighted by Gasteiger charge is -2.30. The Hall–Kier alpha value is -2.47. The number of piperidine rings is 1. The minimum absolute atomic E-state index is 0.0161. The molecule has 5 heteroatoms. The first-order valence-corrected chi connectivity index (χ1v) is 9.40. The van der Waals surface area contributed by atoms with Gasteiger partial charge in [-0.3, -0.25) is 0 Å². The summed E-state index contributed by atoms with van der Waals surface area (Å²) in [5.41, 5.74) is 4.80. The first-order valence-electron chi connectivity index (χ1n) is 9.40. The quantitative estimate of drug-likeness (QED) is 0.667. The van der Waals surface area contributed by atoms with Gasteiger partial charge in [0.25, 0.3) is 0 Å².